The Hall–Kier alpha value is -1.58. The molecule has 2 rings (SSSR count). The van der Waals surface area contributed by atoms with Crippen molar-refractivity contribution in [1.29, 1.82) is 0 Å². The predicted octanol–water partition coefficient (Wildman–Crippen LogP) is 3.09. The molecule has 0 atom stereocenters. The summed E-state index contributed by atoms with van der Waals surface area (Å²) < 4.78 is 0. The standard InChI is InChI=1S/C16H25N3O/c1-5-7-13-10-12(11-14(17-4)18-13)15(20)19-9-6-8-16(19,2)3/h10-11H,5-9H2,1-4H3,(H,17,18). The van der Waals surface area contributed by atoms with Gasteiger partial charge in [-0.15, -0.1) is 0 Å². The molecule has 0 saturated carbocycles. The van der Waals surface area contributed by atoms with E-state index in [0.29, 0.717) is 0 Å². The molecule has 0 unspecified atom stereocenters. The first-order chi connectivity index (χ1) is 9.47. The number of pyridine rings is 1. The number of nitrogens with zero attached hydrogens (tertiary/aromatic N) is 2. The Balaban J connectivity index is 2.31. The number of carbonyl (C=O) groups excluding carboxylic acids is 1. The minimum atomic E-state index is -0.0366. The minimum Gasteiger partial charge on any atom is -0.373 e. The second-order valence-electron chi connectivity index (χ2n) is 6.11. The maximum atomic E-state index is 12.8. The van der Waals surface area contributed by atoms with Gasteiger partial charge < -0.3 is 10.2 Å². The van der Waals surface area contributed by atoms with Crippen molar-refractivity contribution in [2.75, 3.05) is 18.9 Å². The third-order valence-electron chi connectivity index (χ3n) is 4.03. The van der Waals surface area contributed by atoms with E-state index >= 15 is 0 Å². The van der Waals surface area contributed by atoms with Gasteiger partial charge in [0.05, 0.1) is 0 Å². The zero-order chi connectivity index (χ0) is 14.8. The number of rotatable bonds is 4. The first-order valence-electron chi connectivity index (χ1n) is 7.48. The number of aromatic nitrogens is 1. The lowest BCUT2D eigenvalue weighted by atomic mass is 10.0. The van der Waals surface area contributed by atoms with Gasteiger partial charge in [-0.05, 0) is 45.2 Å². The van der Waals surface area contributed by atoms with Crippen LogP contribution in [0.2, 0.25) is 0 Å². The van der Waals surface area contributed by atoms with Crippen molar-refractivity contribution >= 4 is 11.7 Å². The molecule has 0 spiro atoms. The number of hydrogen-bond acceptors (Lipinski definition) is 3. The van der Waals surface area contributed by atoms with Crippen LogP contribution in [0.3, 0.4) is 0 Å². The Kier molecular flexibility index (Phi) is 4.31. The van der Waals surface area contributed by atoms with Gasteiger partial charge >= 0.3 is 0 Å². The minimum absolute atomic E-state index is 0.0366. The van der Waals surface area contributed by atoms with Gasteiger partial charge in [-0.3, -0.25) is 4.79 Å². The Morgan fingerprint density at radius 2 is 2.20 bits per heavy atom. The smallest absolute Gasteiger partial charge is 0.254 e. The van der Waals surface area contributed by atoms with E-state index in [0.717, 1.165) is 49.3 Å². The molecule has 1 aliphatic rings. The molecule has 4 heteroatoms. The SMILES string of the molecule is CCCc1cc(C(=O)N2CCCC2(C)C)cc(NC)n1. The van der Waals surface area contributed by atoms with E-state index in [4.69, 9.17) is 0 Å². The molecule has 1 N–H and O–H groups in total. The van der Waals surface area contributed by atoms with Gasteiger partial charge in [0.25, 0.3) is 5.91 Å². The van der Waals surface area contributed by atoms with Gasteiger partial charge in [-0.25, -0.2) is 4.98 Å². The molecule has 1 fully saturated rings. The molecule has 4 nitrogen and oxygen atoms in total. The van der Waals surface area contributed by atoms with Gasteiger partial charge in [0.15, 0.2) is 0 Å². The van der Waals surface area contributed by atoms with Gasteiger partial charge in [0, 0.05) is 30.4 Å². The van der Waals surface area contributed by atoms with Crippen LogP contribution in [0.4, 0.5) is 5.82 Å². The average Bonchev–Trinajstić information content (AvgIpc) is 2.77. The number of nitrogens with one attached hydrogen (secondary N) is 1. The van der Waals surface area contributed by atoms with Crippen molar-refractivity contribution in [3.63, 3.8) is 0 Å². The van der Waals surface area contributed by atoms with Crippen LogP contribution in [-0.2, 0) is 6.42 Å². The highest BCUT2D eigenvalue weighted by molar-refractivity contribution is 5.95. The average molecular weight is 275 g/mol. The van der Waals surface area contributed by atoms with E-state index in [-0.39, 0.29) is 11.4 Å². The van der Waals surface area contributed by atoms with Crippen LogP contribution >= 0.6 is 0 Å². The molecule has 1 aliphatic heterocycles. The summed E-state index contributed by atoms with van der Waals surface area (Å²) in [7, 11) is 1.84. The quantitative estimate of drug-likeness (QED) is 0.918. The van der Waals surface area contributed by atoms with Gasteiger partial charge in [-0.2, -0.15) is 0 Å². The maximum absolute atomic E-state index is 12.8. The zero-order valence-electron chi connectivity index (χ0n) is 13.0. The number of likely N-dealkylation sites (tertiary alicyclic amines) is 1. The Morgan fingerprint density at radius 3 is 2.75 bits per heavy atom. The van der Waals surface area contributed by atoms with Crippen molar-refractivity contribution in [3.8, 4) is 0 Å². The van der Waals surface area contributed by atoms with E-state index in [1.54, 1.807) is 0 Å². The van der Waals surface area contributed by atoms with Crippen LogP contribution in [0.1, 0.15) is 56.1 Å². The topological polar surface area (TPSA) is 45.2 Å². The summed E-state index contributed by atoms with van der Waals surface area (Å²) in [5.41, 5.74) is 1.70. The Bertz CT molecular complexity index is 496. The molecule has 1 aromatic heterocycles. The zero-order valence-corrected chi connectivity index (χ0v) is 13.0. The van der Waals surface area contributed by atoms with E-state index in [9.17, 15) is 4.79 Å². The fourth-order valence-corrected chi connectivity index (χ4v) is 2.86. The molecular formula is C16H25N3O. The van der Waals surface area contributed by atoms with Crippen LogP contribution in [0, 0.1) is 0 Å². The second kappa shape index (κ2) is 5.81. The number of hydrogen-bond donors (Lipinski definition) is 1. The lowest BCUT2D eigenvalue weighted by Gasteiger charge is -2.31. The number of amides is 1. The highest BCUT2D eigenvalue weighted by Gasteiger charge is 2.35. The summed E-state index contributed by atoms with van der Waals surface area (Å²) in [6, 6.07) is 3.80. The van der Waals surface area contributed by atoms with E-state index in [2.05, 4.69) is 31.1 Å². The number of carbonyl (C=O) groups is 1. The highest BCUT2D eigenvalue weighted by Crippen LogP contribution is 2.30. The normalized spacial score (nSPS) is 17.3. The monoisotopic (exact) mass is 275 g/mol. The molecule has 0 aliphatic carbocycles. The summed E-state index contributed by atoms with van der Waals surface area (Å²) in [6.45, 7) is 7.26. The molecule has 1 saturated heterocycles. The van der Waals surface area contributed by atoms with Crippen molar-refractivity contribution in [1.82, 2.24) is 9.88 Å². The lowest BCUT2D eigenvalue weighted by molar-refractivity contribution is 0.0652. The van der Waals surface area contributed by atoms with Gasteiger partial charge in [0.2, 0.25) is 0 Å². The van der Waals surface area contributed by atoms with E-state index in [1.807, 2.05) is 24.1 Å². The largest absolute Gasteiger partial charge is 0.373 e. The van der Waals surface area contributed by atoms with Crippen molar-refractivity contribution in [3.05, 3.63) is 23.4 Å². The molecule has 20 heavy (non-hydrogen) atoms. The summed E-state index contributed by atoms with van der Waals surface area (Å²) in [6.07, 6.45) is 4.09. The molecule has 110 valence electrons. The van der Waals surface area contributed by atoms with Crippen molar-refractivity contribution in [2.45, 2.75) is 52.0 Å². The van der Waals surface area contributed by atoms with Crippen LogP contribution in [0.5, 0.6) is 0 Å². The molecule has 1 amide bonds. The predicted molar refractivity (Wildman–Crippen MR) is 82.1 cm³/mol. The van der Waals surface area contributed by atoms with Crippen LogP contribution in [0.25, 0.3) is 0 Å². The Morgan fingerprint density at radius 1 is 1.45 bits per heavy atom. The summed E-state index contributed by atoms with van der Waals surface area (Å²) in [5, 5.41) is 3.05. The van der Waals surface area contributed by atoms with Crippen LogP contribution in [-0.4, -0.2) is 34.9 Å². The first-order valence-corrected chi connectivity index (χ1v) is 7.48. The molecule has 0 aromatic carbocycles. The first kappa shape index (κ1) is 14.8. The van der Waals surface area contributed by atoms with Gasteiger partial charge in [-0.1, -0.05) is 13.3 Å². The van der Waals surface area contributed by atoms with Gasteiger partial charge in [0.1, 0.15) is 5.82 Å². The third kappa shape index (κ3) is 2.94. The summed E-state index contributed by atoms with van der Waals surface area (Å²) in [4.78, 5) is 19.3. The fourth-order valence-electron chi connectivity index (χ4n) is 2.86. The molecule has 0 radical (unpaired) electrons. The molecule has 2 heterocycles. The van der Waals surface area contributed by atoms with Crippen LogP contribution in [0.15, 0.2) is 12.1 Å². The number of aryl methyl sites for hydroxylation is 1. The summed E-state index contributed by atoms with van der Waals surface area (Å²) in [5.74, 6) is 0.903. The molecular weight excluding hydrogens is 250 g/mol. The number of anilines is 1. The fraction of sp³-hybridized carbons (Fsp3) is 0.625. The van der Waals surface area contributed by atoms with E-state index in [1.165, 1.54) is 0 Å². The summed E-state index contributed by atoms with van der Waals surface area (Å²) >= 11 is 0. The molecule has 0 bridgehead atoms. The lowest BCUT2D eigenvalue weighted by Crippen LogP contribution is -2.42. The highest BCUT2D eigenvalue weighted by atomic mass is 16.2. The van der Waals surface area contributed by atoms with Crippen molar-refractivity contribution in [2.24, 2.45) is 0 Å². The van der Waals surface area contributed by atoms with E-state index < -0.39 is 0 Å². The van der Waals surface area contributed by atoms with Crippen LogP contribution < -0.4 is 5.32 Å². The Labute approximate surface area is 121 Å². The third-order valence-corrected chi connectivity index (χ3v) is 4.03. The molecule has 1 aromatic rings. The van der Waals surface area contributed by atoms with Crippen molar-refractivity contribution < 1.29 is 4.79 Å². The second-order valence-corrected chi connectivity index (χ2v) is 6.11. The maximum Gasteiger partial charge on any atom is 0.254 e.